The van der Waals surface area contributed by atoms with Gasteiger partial charge in [0.05, 0.1) is 10.5 Å². The Morgan fingerprint density at radius 2 is 1.92 bits per heavy atom. The summed E-state index contributed by atoms with van der Waals surface area (Å²) in [6, 6.07) is 3.61. The van der Waals surface area contributed by atoms with Gasteiger partial charge in [0.25, 0.3) is 0 Å². The number of benzene rings is 1. The molecule has 5 heteroatoms. The smallest absolute Gasteiger partial charge is 0.140 e. The van der Waals surface area contributed by atoms with Crippen molar-refractivity contribution in [3.8, 4) is 0 Å². The Balaban J connectivity index is 2.94. The summed E-state index contributed by atoms with van der Waals surface area (Å²) in [7, 11) is 0. The zero-order valence-electron chi connectivity index (χ0n) is 6.26. The molecule has 0 saturated carbocycles. The first-order valence-electron chi connectivity index (χ1n) is 3.44. The number of aromatic nitrogens is 2. The Labute approximate surface area is 93.0 Å². The summed E-state index contributed by atoms with van der Waals surface area (Å²) in [5.41, 5.74) is 0.671. The lowest BCUT2D eigenvalue weighted by Crippen LogP contribution is -1.84. The predicted molar refractivity (Wildman–Crippen MR) is 57.3 cm³/mol. The van der Waals surface area contributed by atoms with Crippen LogP contribution in [0.4, 0.5) is 0 Å². The second-order valence-corrected chi connectivity index (χ2v) is 4.13. The first-order valence-corrected chi connectivity index (χ1v) is 4.98. The van der Waals surface area contributed by atoms with Crippen LogP contribution in [-0.2, 0) is 0 Å². The molecule has 0 spiro atoms. The molecule has 2 rings (SSSR count). The van der Waals surface area contributed by atoms with Crippen LogP contribution in [0.1, 0.15) is 0 Å². The number of hydrogen-bond acceptors (Lipinski definition) is 2. The summed E-state index contributed by atoms with van der Waals surface area (Å²) in [5, 5.41) is 1.73. The standard InChI is InChI=1S/C8H3BrCl2N2/c9-4-1-5-7(6(10)2-4)12-3-13-8(5)11/h1-3H. The highest BCUT2D eigenvalue weighted by Gasteiger charge is 2.05. The van der Waals surface area contributed by atoms with Crippen molar-refractivity contribution < 1.29 is 0 Å². The minimum atomic E-state index is 0.410. The largest absolute Gasteiger partial charge is 0.235 e. The van der Waals surface area contributed by atoms with E-state index < -0.39 is 0 Å². The van der Waals surface area contributed by atoms with E-state index in [1.54, 1.807) is 6.07 Å². The molecule has 0 atom stereocenters. The van der Waals surface area contributed by atoms with E-state index in [0.29, 0.717) is 15.7 Å². The number of fused-ring (bicyclic) bond motifs is 1. The van der Waals surface area contributed by atoms with Crippen molar-refractivity contribution in [3.63, 3.8) is 0 Å². The second kappa shape index (κ2) is 3.40. The van der Waals surface area contributed by atoms with Gasteiger partial charge >= 0.3 is 0 Å². The van der Waals surface area contributed by atoms with Crippen LogP contribution in [0.15, 0.2) is 22.9 Å². The Bertz CT molecular complexity index is 473. The topological polar surface area (TPSA) is 25.8 Å². The van der Waals surface area contributed by atoms with Crippen LogP contribution in [0.5, 0.6) is 0 Å². The molecule has 0 aliphatic heterocycles. The quantitative estimate of drug-likeness (QED) is 0.686. The third-order valence-electron chi connectivity index (χ3n) is 1.61. The molecule has 0 aliphatic rings. The molecule has 66 valence electrons. The molecule has 0 unspecified atom stereocenters. The van der Waals surface area contributed by atoms with Gasteiger partial charge in [0.2, 0.25) is 0 Å². The molecular weight excluding hydrogens is 275 g/mol. The maximum Gasteiger partial charge on any atom is 0.140 e. The summed E-state index contributed by atoms with van der Waals surface area (Å²) in [4.78, 5) is 7.90. The van der Waals surface area contributed by atoms with Crippen LogP contribution in [0.25, 0.3) is 10.9 Å². The van der Waals surface area contributed by atoms with Crippen LogP contribution in [0, 0.1) is 0 Å². The number of nitrogens with zero attached hydrogens (tertiary/aromatic N) is 2. The molecule has 2 nitrogen and oxygen atoms in total. The fourth-order valence-corrected chi connectivity index (χ4v) is 2.11. The van der Waals surface area contributed by atoms with Gasteiger partial charge in [-0.25, -0.2) is 9.97 Å². The van der Waals surface area contributed by atoms with Crippen LogP contribution >= 0.6 is 39.1 Å². The molecule has 0 saturated heterocycles. The summed E-state index contributed by atoms with van der Waals surface area (Å²) < 4.78 is 0.863. The van der Waals surface area contributed by atoms with Gasteiger partial charge in [-0.3, -0.25) is 0 Å². The first kappa shape index (κ1) is 9.19. The van der Waals surface area contributed by atoms with Crippen molar-refractivity contribution in [3.05, 3.63) is 33.1 Å². The molecule has 0 amide bonds. The molecule has 0 N–H and O–H groups in total. The summed E-state index contributed by atoms with van der Waals surface area (Å²) in [6.07, 6.45) is 1.39. The van der Waals surface area contributed by atoms with Crippen molar-refractivity contribution in [1.29, 1.82) is 0 Å². The molecule has 1 aromatic heterocycles. The molecule has 13 heavy (non-hydrogen) atoms. The van der Waals surface area contributed by atoms with Gasteiger partial charge in [-0.15, -0.1) is 0 Å². The molecule has 2 aromatic rings. The van der Waals surface area contributed by atoms with E-state index in [-0.39, 0.29) is 0 Å². The Kier molecular flexibility index (Phi) is 2.41. The minimum Gasteiger partial charge on any atom is -0.235 e. The van der Waals surface area contributed by atoms with Gasteiger partial charge in [-0.05, 0) is 12.1 Å². The summed E-state index contributed by atoms with van der Waals surface area (Å²) in [5.74, 6) is 0. The molecule has 0 bridgehead atoms. The van der Waals surface area contributed by atoms with Gasteiger partial charge < -0.3 is 0 Å². The average Bonchev–Trinajstić information content (AvgIpc) is 2.07. The average molecular weight is 278 g/mol. The molecule has 0 aliphatic carbocycles. The molecule has 1 aromatic carbocycles. The van der Waals surface area contributed by atoms with Gasteiger partial charge in [0, 0.05) is 9.86 Å². The van der Waals surface area contributed by atoms with Crippen molar-refractivity contribution in [2.24, 2.45) is 0 Å². The van der Waals surface area contributed by atoms with Crippen molar-refractivity contribution >= 4 is 50.0 Å². The third-order valence-corrected chi connectivity index (χ3v) is 2.66. The monoisotopic (exact) mass is 276 g/mol. The van der Waals surface area contributed by atoms with E-state index in [2.05, 4.69) is 25.9 Å². The lowest BCUT2D eigenvalue weighted by molar-refractivity contribution is 1.22. The van der Waals surface area contributed by atoms with Crippen molar-refractivity contribution in [2.75, 3.05) is 0 Å². The van der Waals surface area contributed by atoms with Gasteiger partial charge in [-0.2, -0.15) is 0 Å². The Morgan fingerprint density at radius 3 is 2.69 bits per heavy atom. The van der Waals surface area contributed by atoms with E-state index in [1.165, 1.54) is 6.33 Å². The van der Waals surface area contributed by atoms with Crippen LogP contribution in [0.2, 0.25) is 10.2 Å². The highest BCUT2D eigenvalue weighted by atomic mass is 79.9. The summed E-state index contributed by atoms with van der Waals surface area (Å²) >= 11 is 15.1. The fourth-order valence-electron chi connectivity index (χ4n) is 1.06. The number of halogens is 3. The van der Waals surface area contributed by atoms with E-state index in [0.717, 1.165) is 9.86 Å². The Morgan fingerprint density at radius 1 is 1.15 bits per heavy atom. The fraction of sp³-hybridized carbons (Fsp3) is 0. The highest BCUT2D eigenvalue weighted by Crippen LogP contribution is 2.29. The molecule has 1 heterocycles. The Hall–Kier alpha value is -0.380. The molecular formula is C8H3BrCl2N2. The van der Waals surface area contributed by atoms with Crippen LogP contribution in [0.3, 0.4) is 0 Å². The zero-order chi connectivity index (χ0) is 9.42. The van der Waals surface area contributed by atoms with Gasteiger partial charge in [0.1, 0.15) is 11.5 Å². The molecule has 0 fully saturated rings. The lowest BCUT2D eigenvalue weighted by Gasteiger charge is -2.01. The van der Waals surface area contributed by atoms with Crippen molar-refractivity contribution in [2.45, 2.75) is 0 Å². The minimum absolute atomic E-state index is 0.410. The number of hydrogen-bond donors (Lipinski definition) is 0. The van der Waals surface area contributed by atoms with E-state index in [9.17, 15) is 0 Å². The molecule has 0 radical (unpaired) electrons. The third kappa shape index (κ3) is 1.64. The second-order valence-electron chi connectivity index (χ2n) is 2.45. The first-order chi connectivity index (χ1) is 6.18. The lowest BCUT2D eigenvalue weighted by atomic mass is 10.2. The SMILES string of the molecule is Clc1ncnc2c(Cl)cc(Br)cc12. The van der Waals surface area contributed by atoms with Crippen LogP contribution in [-0.4, -0.2) is 9.97 Å². The normalized spacial score (nSPS) is 10.7. The maximum absolute atomic E-state index is 5.96. The summed E-state index contributed by atoms with van der Waals surface area (Å²) in [6.45, 7) is 0. The maximum atomic E-state index is 5.96. The zero-order valence-corrected chi connectivity index (χ0v) is 9.36. The predicted octanol–water partition coefficient (Wildman–Crippen LogP) is 3.70. The van der Waals surface area contributed by atoms with E-state index >= 15 is 0 Å². The van der Waals surface area contributed by atoms with E-state index in [4.69, 9.17) is 23.2 Å². The number of rotatable bonds is 0. The van der Waals surface area contributed by atoms with Gasteiger partial charge in [0.15, 0.2) is 0 Å². The van der Waals surface area contributed by atoms with Gasteiger partial charge in [-0.1, -0.05) is 39.1 Å². The van der Waals surface area contributed by atoms with Crippen LogP contribution < -0.4 is 0 Å². The van der Waals surface area contributed by atoms with Crippen molar-refractivity contribution in [1.82, 2.24) is 9.97 Å². The van der Waals surface area contributed by atoms with E-state index in [1.807, 2.05) is 6.07 Å². The highest BCUT2D eigenvalue weighted by molar-refractivity contribution is 9.10.